The molecule has 0 saturated carbocycles. The smallest absolute Gasteiger partial charge is 0.387 e. The zero-order valence-electron chi connectivity index (χ0n) is 17.9. The van der Waals surface area contributed by atoms with E-state index in [0.29, 0.717) is 30.4 Å². The summed E-state index contributed by atoms with van der Waals surface area (Å²) in [5, 5.41) is 6.07. The lowest BCUT2D eigenvalue weighted by Gasteiger charge is -2.19. The lowest BCUT2D eigenvalue weighted by atomic mass is 10.2. The molecule has 1 aliphatic rings. The van der Waals surface area contributed by atoms with Crippen LogP contribution in [0.1, 0.15) is 18.1 Å². The van der Waals surface area contributed by atoms with Gasteiger partial charge >= 0.3 is 6.61 Å². The maximum atomic E-state index is 12.7. The quantitative estimate of drug-likeness (QED) is 0.294. The van der Waals surface area contributed by atoms with E-state index >= 15 is 0 Å². The number of fused-ring (bicyclic) bond motifs is 1. The summed E-state index contributed by atoms with van der Waals surface area (Å²) in [5.74, 6) is 0.862. The van der Waals surface area contributed by atoms with Crippen LogP contribution in [0.4, 0.5) is 14.5 Å². The van der Waals surface area contributed by atoms with E-state index in [1.807, 2.05) is 31.2 Å². The Balaban J connectivity index is 0.00000363. The third-order valence-corrected chi connectivity index (χ3v) is 4.83. The van der Waals surface area contributed by atoms with E-state index < -0.39 is 6.61 Å². The van der Waals surface area contributed by atoms with Crippen molar-refractivity contribution in [3.05, 3.63) is 53.6 Å². The van der Waals surface area contributed by atoms with Crippen molar-refractivity contribution < 1.29 is 23.0 Å². The summed E-state index contributed by atoms with van der Waals surface area (Å²) in [7, 11) is 1.49. The van der Waals surface area contributed by atoms with Crippen molar-refractivity contribution in [1.82, 2.24) is 10.6 Å². The molecule has 0 saturated heterocycles. The molecule has 2 N–H and O–H groups in total. The zero-order chi connectivity index (χ0) is 22.2. The van der Waals surface area contributed by atoms with Crippen LogP contribution in [-0.2, 0) is 17.8 Å². The van der Waals surface area contributed by atoms with Crippen molar-refractivity contribution in [1.29, 1.82) is 0 Å². The summed E-state index contributed by atoms with van der Waals surface area (Å²) < 4.78 is 35.2. The number of alkyl halides is 2. The number of halogens is 3. The molecule has 0 spiro atoms. The molecule has 2 aromatic carbocycles. The van der Waals surface area contributed by atoms with Gasteiger partial charge in [0.1, 0.15) is 11.5 Å². The topological polar surface area (TPSA) is 75.2 Å². The van der Waals surface area contributed by atoms with Crippen LogP contribution in [0.15, 0.2) is 47.5 Å². The SMILES string of the molecule is CCNC(=NCc1cc(OC)ccc1OC(F)F)NCC(=O)N1CCc2ccccc21.I. The highest BCUT2D eigenvalue weighted by Crippen LogP contribution is 2.28. The van der Waals surface area contributed by atoms with Gasteiger partial charge in [-0.1, -0.05) is 18.2 Å². The van der Waals surface area contributed by atoms with Crippen LogP contribution in [0.25, 0.3) is 0 Å². The minimum Gasteiger partial charge on any atom is -0.497 e. The van der Waals surface area contributed by atoms with Gasteiger partial charge in [-0.2, -0.15) is 8.78 Å². The molecular weight excluding hydrogens is 533 g/mol. The van der Waals surface area contributed by atoms with Gasteiger partial charge in [0.25, 0.3) is 0 Å². The van der Waals surface area contributed by atoms with Crippen molar-refractivity contribution in [3.63, 3.8) is 0 Å². The first-order valence-corrected chi connectivity index (χ1v) is 10.0. The van der Waals surface area contributed by atoms with E-state index in [1.165, 1.54) is 13.2 Å². The Bertz CT molecular complexity index is 943. The molecule has 174 valence electrons. The summed E-state index contributed by atoms with van der Waals surface area (Å²) in [5.41, 5.74) is 2.53. The van der Waals surface area contributed by atoms with E-state index in [2.05, 4.69) is 20.4 Å². The maximum absolute atomic E-state index is 12.7. The molecule has 3 rings (SSSR count). The highest BCUT2D eigenvalue weighted by Gasteiger charge is 2.23. The van der Waals surface area contributed by atoms with Gasteiger partial charge in [-0.3, -0.25) is 4.79 Å². The Hall–Kier alpha value is -2.63. The first-order valence-electron chi connectivity index (χ1n) is 10.0. The number of hydrogen-bond acceptors (Lipinski definition) is 4. The highest BCUT2D eigenvalue weighted by atomic mass is 127. The fraction of sp³-hybridized carbons (Fsp3) is 0.364. The number of methoxy groups -OCH3 is 1. The average molecular weight is 560 g/mol. The van der Waals surface area contributed by atoms with Gasteiger partial charge in [0.15, 0.2) is 5.96 Å². The van der Waals surface area contributed by atoms with Gasteiger partial charge in [0.05, 0.1) is 20.2 Å². The fourth-order valence-electron chi connectivity index (χ4n) is 3.38. The molecule has 1 aliphatic heterocycles. The lowest BCUT2D eigenvalue weighted by molar-refractivity contribution is -0.117. The van der Waals surface area contributed by atoms with E-state index in [4.69, 9.17) is 4.74 Å². The fourth-order valence-corrected chi connectivity index (χ4v) is 3.38. The van der Waals surface area contributed by atoms with Crippen LogP contribution in [0.2, 0.25) is 0 Å². The number of guanidine groups is 1. The third-order valence-electron chi connectivity index (χ3n) is 4.83. The number of aliphatic imine (C=N–C) groups is 1. The summed E-state index contributed by atoms with van der Waals surface area (Å²) >= 11 is 0. The molecule has 1 amide bonds. The number of para-hydroxylation sites is 1. The molecular formula is C22H27F2IN4O3. The molecule has 0 radical (unpaired) electrons. The molecule has 1 heterocycles. The standard InChI is InChI=1S/C22H26F2N4O3.HI/c1-3-25-22(26-13-16-12-17(30-2)8-9-19(16)31-21(23)24)27-14-20(29)28-11-10-15-6-4-5-7-18(15)28;/h4-9,12,21H,3,10-11,13-14H2,1-2H3,(H2,25,26,27);1H. The van der Waals surface area contributed by atoms with Crippen molar-refractivity contribution in [3.8, 4) is 11.5 Å². The number of hydrogen-bond donors (Lipinski definition) is 2. The lowest BCUT2D eigenvalue weighted by Crippen LogP contribution is -2.44. The molecule has 0 unspecified atom stereocenters. The molecule has 7 nitrogen and oxygen atoms in total. The molecule has 0 atom stereocenters. The summed E-state index contributed by atoms with van der Waals surface area (Å²) in [6.45, 7) is 0.292. The maximum Gasteiger partial charge on any atom is 0.387 e. The van der Waals surface area contributed by atoms with Gasteiger partial charge < -0.3 is 25.0 Å². The van der Waals surface area contributed by atoms with Crippen molar-refractivity contribution in [2.45, 2.75) is 26.5 Å². The number of rotatable bonds is 8. The van der Waals surface area contributed by atoms with Crippen molar-refractivity contribution in [2.75, 3.05) is 31.6 Å². The number of amides is 1. The van der Waals surface area contributed by atoms with Gasteiger partial charge in [0.2, 0.25) is 5.91 Å². The number of benzene rings is 2. The predicted molar refractivity (Wildman–Crippen MR) is 130 cm³/mol. The Morgan fingerprint density at radius 3 is 2.72 bits per heavy atom. The second kappa shape index (κ2) is 12.4. The van der Waals surface area contributed by atoms with Gasteiger partial charge in [0, 0.05) is 24.3 Å². The average Bonchev–Trinajstić information content (AvgIpc) is 3.20. The van der Waals surface area contributed by atoms with Crippen LogP contribution in [0.3, 0.4) is 0 Å². The Kier molecular flexibility index (Phi) is 9.95. The summed E-state index contributed by atoms with van der Waals surface area (Å²) in [6, 6.07) is 12.4. The van der Waals surface area contributed by atoms with Crippen LogP contribution in [0.5, 0.6) is 11.5 Å². The largest absolute Gasteiger partial charge is 0.497 e. The van der Waals surface area contributed by atoms with Crippen molar-refractivity contribution >= 4 is 41.5 Å². The first-order chi connectivity index (χ1) is 15.0. The molecule has 0 aromatic heterocycles. The van der Waals surface area contributed by atoms with E-state index in [1.54, 1.807) is 17.0 Å². The normalized spacial score (nSPS) is 12.8. The van der Waals surface area contributed by atoms with Gasteiger partial charge in [-0.05, 0) is 43.2 Å². The first kappa shape index (κ1) is 25.6. The molecule has 32 heavy (non-hydrogen) atoms. The number of carbonyl (C=O) groups excluding carboxylic acids is 1. The number of ether oxygens (including phenoxy) is 2. The molecule has 0 fully saturated rings. The van der Waals surface area contributed by atoms with E-state index in [0.717, 1.165) is 17.7 Å². The second-order valence-electron chi connectivity index (χ2n) is 6.82. The summed E-state index contributed by atoms with van der Waals surface area (Å²) in [6.07, 6.45) is 0.832. The van der Waals surface area contributed by atoms with Crippen LogP contribution in [-0.4, -0.2) is 45.2 Å². The predicted octanol–water partition coefficient (Wildman–Crippen LogP) is 3.56. The van der Waals surface area contributed by atoms with Gasteiger partial charge in [-0.25, -0.2) is 4.99 Å². The number of nitrogens with one attached hydrogen (secondary N) is 2. The van der Waals surface area contributed by atoms with Gasteiger partial charge in [-0.15, -0.1) is 24.0 Å². The van der Waals surface area contributed by atoms with Crippen LogP contribution < -0.4 is 25.0 Å². The molecule has 0 aliphatic carbocycles. The second-order valence-corrected chi connectivity index (χ2v) is 6.82. The molecule has 10 heteroatoms. The molecule has 0 bridgehead atoms. The summed E-state index contributed by atoms with van der Waals surface area (Å²) in [4.78, 5) is 18.9. The zero-order valence-corrected chi connectivity index (χ0v) is 20.3. The Morgan fingerprint density at radius 2 is 2.00 bits per heavy atom. The van der Waals surface area contributed by atoms with E-state index in [-0.39, 0.29) is 48.7 Å². The highest BCUT2D eigenvalue weighted by molar-refractivity contribution is 14.0. The van der Waals surface area contributed by atoms with E-state index in [9.17, 15) is 13.6 Å². The van der Waals surface area contributed by atoms with Crippen LogP contribution >= 0.6 is 24.0 Å². The Morgan fingerprint density at radius 1 is 1.22 bits per heavy atom. The van der Waals surface area contributed by atoms with Crippen molar-refractivity contribution in [2.24, 2.45) is 4.99 Å². The number of nitrogens with zero attached hydrogens (tertiary/aromatic N) is 2. The molecule has 2 aromatic rings. The minimum atomic E-state index is -2.94. The number of carbonyl (C=O) groups is 1. The minimum absolute atomic E-state index is 0. The number of anilines is 1. The Labute approximate surface area is 203 Å². The van der Waals surface area contributed by atoms with Crippen LogP contribution in [0, 0.1) is 0 Å². The third kappa shape index (κ3) is 6.68. The monoisotopic (exact) mass is 560 g/mol.